The first-order valence-electron chi connectivity index (χ1n) is 5.89. The lowest BCUT2D eigenvalue weighted by Gasteiger charge is -2.31. The summed E-state index contributed by atoms with van der Waals surface area (Å²) in [7, 11) is 0. The number of likely N-dealkylation sites (N-methyl/N-ethyl adjacent to an activating group) is 1. The number of hydrogen-bond acceptors (Lipinski definition) is 3. The molecule has 0 amide bonds. The van der Waals surface area contributed by atoms with Gasteiger partial charge in [0.05, 0.1) is 6.61 Å². The molecule has 0 aromatic rings. The van der Waals surface area contributed by atoms with Crippen molar-refractivity contribution in [2.45, 2.75) is 44.8 Å². The Bertz CT molecular complexity index is 194. The first-order chi connectivity index (χ1) is 7.89. The smallest absolute Gasteiger partial charge is 0.394 e. The average Bonchev–Trinajstić information content (AvgIpc) is 2.26. The zero-order valence-corrected chi connectivity index (χ0v) is 10.4. The van der Waals surface area contributed by atoms with Gasteiger partial charge in [-0.1, -0.05) is 13.8 Å². The fourth-order valence-electron chi connectivity index (χ4n) is 1.71. The molecule has 0 saturated carbocycles. The summed E-state index contributed by atoms with van der Waals surface area (Å²) in [6.45, 7) is 3.43. The van der Waals surface area contributed by atoms with Crippen molar-refractivity contribution in [3.8, 4) is 0 Å². The van der Waals surface area contributed by atoms with E-state index in [4.69, 9.17) is 0 Å². The highest BCUT2D eigenvalue weighted by molar-refractivity contribution is 4.85. The molecule has 0 fully saturated rings. The van der Waals surface area contributed by atoms with Gasteiger partial charge in [0, 0.05) is 12.1 Å². The van der Waals surface area contributed by atoms with Gasteiger partial charge in [-0.3, -0.25) is 0 Å². The topological polar surface area (TPSA) is 41.5 Å². The molecule has 0 rings (SSSR count). The molecule has 17 heavy (non-hydrogen) atoms. The molecule has 1 unspecified atom stereocenters. The molecule has 0 aliphatic heterocycles. The van der Waals surface area contributed by atoms with Crippen LogP contribution in [0.15, 0.2) is 0 Å². The summed E-state index contributed by atoms with van der Waals surface area (Å²) in [4.78, 5) is 0. The van der Waals surface area contributed by atoms with Crippen LogP contribution in [0.1, 0.15) is 33.1 Å². The molecule has 0 radical (unpaired) electrons. The first-order valence-corrected chi connectivity index (χ1v) is 5.89. The second-order valence-corrected chi connectivity index (χ2v) is 4.09. The molecular formula is C11H22F3NO2. The van der Waals surface area contributed by atoms with Gasteiger partial charge in [0.2, 0.25) is 0 Å². The number of alkyl halides is 3. The van der Waals surface area contributed by atoms with Gasteiger partial charge in [-0.15, -0.1) is 0 Å². The Balaban J connectivity index is 3.83. The van der Waals surface area contributed by atoms with Crippen molar-refractivity contribution < 1.29 is 23.0 Å². The number of ether oxygens (including phenoxy) is 1. The third-order valence-electron chi connectivity index (χ3n) is 2.74. The summed E-state index contributed by atoms with van der Waals surface area (Å²) in [5.41, 5.74) is -0.393. The van der Waals surface area contributed by atoms with E-state index in [1.165, 1.54) is 0 Å². The lowest BCUT2D eigenvalue weighted by Crippen LogP contribution is -2.48. The molecule has 0 spiro atoms. The van der Waals surface area contributed by atoms with E-state index in [-0.39, 0.29) is 13.2 Å². The maximum absolute atomic E-state index is 11.8. The second kappa shape index (κ2) is 7.89. The van der Waals surface area contributed by atoms with Gasteiger partial charge >= 0.3 is 6.18 Å². The lowest BCUT2D eigenvalue weighted by molar-refractivity contribution is -0.174. The van der Waals surface area contributed by atoms with Crippen LogP contribution in [0.5, 0.6) is 0 Å². The summed E-state index contributed by atoms with van der Waals surface area (Å²) in [5, 5.41) is 12.5. The summed E-state index contributed by atoms with van der Waals surface area (Å²) in [6.07, 6.45) is -2.43. The molecule has 0 heterocycles. The highest BCUT2D eigenvalue weighted by Crippen LogP contribution is 2.18. The molecular weight excluding hydrogens is 235 g/mol. The molecule has 1 atom stereocenters. The molecule has 0 aliphatic carbocycles. The van der Waals surface area contributed by atoms with Crippen LogP contribution in [0.3, 0.4) is 0 Å². The molecule has 104 valence electrons. The fourth-order valence-corrected chi connectivity index (χ4v) is 1.71. The fraction of sp³-hybridized carbons (Fsp3) is 1.00. The summed E-state index contributed by atoms with van der Waals surface area (Å²) in [6, 6.07) is 0. The summed E-state index contributed by atoms with van der Waals surface area (Å²) in [5.74, 6) is 0. The number of nitrogens with one attached hydrogen (secondary N) is 1. The van der Waals surface area contributed by atoms with Gasteiger partial charge < -0.3 is 15.2 Å². The van der Waals surface area contributed by atoms with E-state index in [1.54, 1.807) is 0 Å². The Morgan fingerprint density at radius 3 is 2.29 bits per heavy atom. The predicted molar refractivity (Wildman–Crippen MR) is 59.9 cm³/mol. The molecule has 0 aliphatic rings. The van der Waals surface area contributed by atoms with Crippen molar-refractivity contribution in [1.82, 2.24) is 5.32 Å². The predicted octanol–water partition coefficient (Wildman–Crippen LogP) is 2.10. The van der Waals surface area contributed by atoms with E-state index >= 15 is 0 Å². The molecule has 0 bridgehead atoms. The number of hydrogen-bond donors (Lipinski definition) is 2. The van der Waals surface area contributed by atoms with Gasteiger partial charge in [-0.05, 0) is 25.8 Å². The van der Waals surface area contributed by atoms with E-state index in [1.807, 2.05) is 13.8 Å². The molecule has 6 heteroatoms. The number of halogens is 3. The zero-order chi connectivity index (χ0) is 13.4. The van der Waals surface area contributed by atoms with Crippen LogP contribution in [-0.4, -0.2) is 43.2 Å². The van der Waals surface area contributed by atoms with Crippen LogP contribution in [0.4, 0.5) is 13.2 Å². The Kier molecular flexibility index (Phi) is 7.74. The Hall–Kier alpha value is -0.330. The van der Waals surface area contributed by atoms with Crippen molar-refractivity contribution in [2.24, 2.45) is 0 Å². The van der Waals surface area contributed by atoms with E-state index in [9.17, 15) is 18.3 Å². The number of aliphatic hydroxyl groups excluding tert-OH is 1. The quantitative estimate of drug-likeness (QED) is 0.621. The second-order valence-electron chi connectivity index (χ2n) is 4.09. The van der Waals surface area contributed by atoms with E-state index in [0.717, 1.165) is 13.0 Å². The highest BCUT2D eigenvalue weighted by atomic mass is 19.4. The third-order valence-corrected chi connectivity index (χ3v) is 2.74. The highest BCUT2D eigenvalue weighted by Gasteiger charge is 2.28. The van der Waals surface area contributed by atoms with E-state index in [0.29, 0.717) is 12.8 Å². The Morgan fingerprint density at radius 2 is 1.88 bits per heavy atom. The normalized spacial score (nSPS) is 15.9. The molecule has 0 aromatic carbocycles. The van der Waals surface area contributed by atoms with Crippen LogP contribution >= 0.6 is 0 Å². The van der Waals surface area contributed by atoms with Gasteiger partial charge in [0.25, 0.3) is 0 Å². The van der Waals surface area contributed by atoms with Gasteiger partial charge in [-0.25, -0.2) is 0 Å². The third kappa shape index (κ3) is 7.57. The van der Waals surface area contributed by atoms with Gasteiger partial charge in [0.15, 0.2) is 0 Å². The maximum atomic E-state index is 11.8. The van der Waals surface area contributed by atoms with Crippen LogP contribution in [-0.2, 0) is 4.74 Å². The molecule has 3 nitrogen and oxygen atoms in total. The standard InChI is InChI=1S/C11H22F3NO2/c1-3-10(8-16,15-4-2)6-5-7-17-9-11(12,13)14/h15-16H,3-9H2,1-2H3. The first kappa shape index (κ1) is 16.7. The SMILES string of the molecule is CCNC(CC)(CO)CCCOCC(F)(F)F. The summed E-state index contributed by atoms with van der Waals surface area (Å²) >= 11 is 0. The van der Waals surface area contributed by atoms with Crippen molar-refractivity contribution in [3.05, 3.63) is 0 Å². The van der Waals surface area contributed by atoms with E-state index < -0.39 is 18.3 Å². The Labute approximate surface area is 100 Å². The summed E-state index contributed by atoms with van der Waals surface area (Å²) < 4.78 is 39.9. The minimum absolute atomic E-state index is 0.0173. The number of aliphatic hydroxyl groups is 1. The van der Waals surface area contributed by atoms with Crippen molar-refractivity contribution in [2.75, 3.05) is 26.4 Å². The monoisotopic (exact) mass is 257 g/mol. The molecule has 0 saturated heterocycles. The largest absolute Gasteiger partial charge is 0.411 e. The van der Waals surface area contributed by atoms with Crippen molar-refractivity contribution in [1.29, 1.82) is 0 Å². The maximum Gasteiger partial charge on any atom is 0.411 e. The van der Waals surface area contributed by atoms with Crippen LogP contribution < -0.4 is 5.32 Å². The average molecular weight is 257 g/mol. The molecule has 0 aromatic heterocycles. The van der Waals surface area contributed by atoms with Crippen LogP contribution in [0.25, 0.3) is 0 Å². The van der Waals surface area contributed by atoms with Gasteiger partial charge in [-0.2, -0.15) is 13.2 Å². The minimum atomic E-state index is -4.26. The van der Waals surface area contributed by atoms with Gasteiger partial charge in [0.1, 0.15) is 6.61 Å². The Morgan fingerprint density at radius 1 is 1.24 bits per heavy atom. The molecule has 2 N–H and O–H groups in total. The van der Waals surface area contributed by atoms with Crippen molar-refractivity contribution >= 4 is 0 Å². The number of rotatable bonds is 9. The lowest BCUT2D eigenvalue weighted by atomic mass is 9.91. The minimum Gasteiger partial charge on any atom is -0.394 e. The van der Waals surface area contributed by atoms with Crippen LogP contribution in [0, 0.1) is 0 Å². The van der Waals surface area contributed by atoms with Crippen LogP contribution in [0.2, 0.25) is 0 Å². The zero-order valence-electron chi connectivity index (χ0n) is 10.4. The van der Waals surface area contributed by atoms with E-state index in [2.05, 4.69) is 10.1 Å². The van der Waals surface area contributed by atoms with Crippen molar-refractivity contribution in [3.63, 3.8) is 0 Å².